The van der Waals surface area contributed by atoms with Gasteiger partial charge in [-0.3, -0.25) is 4.79 Å². The Kier molecular flexibility index (Phi) is 9.84. The Labute approximate surface area is 129 Å². The van der Waals surface area contributed by atoms with Crippen molar-refractivity contribution >= 4 is 12.0 Å². The van der Waals surface area contributed by atoms with E-state index in [1.54, 1.807) is 4.90 Å². The predicted molar refractivity (Wildman–Crippen MR) is 85.3 cm³/mol. The molecule has 0 aliphatic carbocycles. The number of aliphatic carboxylic acids is 1. The molecular weight excluding hydrogens is 268 g/mol. The molecule has 2 atom stereocenters. The summed E-state index contributed by atoms with van der Waals surface area (Å²) in [6, 6.07) is 0.176. The average Bonchev–Trinajstić information content (AvgIpc) is 2.40. The number of carboxylic acid groups (broad SMARTS) is 1. The van der Waals surface area contributed by atoms with Gasteiger partial charge in [0, 0.05) is 26.1 Å². The van der Waals surface area contributed by atoms with Gasteiger partial charge in [0.2, 0.25) is 0 Å². The van der Waals surface area contributed by atoms with Crippen molar-refractivity contribution in [1.29, 1.82) is 0 Å². The van der Waals surface area contributed by atoms with Crippen LogP contribution in [0.5, 0.6) is 0 Å². The van der Waals surface area contributed by atoms with Crippen molar-refractivity contribution in [1.82, 2.24) is 10.2 Å². The van der Waals surface area contributed by atoms with Crippen LogP contribution in [0.3, 0.4) is 0 Å². The van der Waals surface area contributed by atoms with Gasteiger partial charge in [0.05, 0.1) is 0 Å². The van der Waals surface area contributed by atoms with Crippen molar-refractivity contribution in [2.45, 2.75) is 65.8 Å². The van der Waals surface area contributed by atoms with Crippen LogP contribution in [0.2, 0.25) is 0 Å². The van der Waals surface area contributed by atoms with Crippen LogP contribution in [0.25, 0.3) is 0 Å². The Hall–Kier alpha value is -1.26. The topological polar surface area (TPSA) is 69.6 Å². The van der Waals surface area contributed by atoms with Gasteiger partial charge in [0.1, 0.15) is 0 Å². The first-order valence-electron chi connectivity index (χ1n) is 8.00. The van der Waals surface area contributed by atoms with Crippen LogP contribution in [0.4, 0.5) is 4.79 Å². The van der Waals surface area contributed by atoms with E-state index >= 15 is 0 Å². The molecule has 0 aromatic heterocycles. The summed E-state index contributed by atoms with van der Waals surface area (Å²) in [7, 11) is 1.82. The van der Waals surface area contributed by atoms with E-state index in [2.05, 4.69) is 33.0 Å². The Morgan fingerprint density at radius 2 is 1.81 bits per heavy atom. The maximum atomic E-state index is 12.0. The standard InChI is InChI=1S/C16H32N2O3/c1-6-14(7-8-15(19)20)9-10-17-16(21)18(5)13(4)11-12(2)3/h12-14H,6-11H2,1-5H3,(H,17,21)(H,19,20). The second-order valence-corrected chi connectivity index (χ2v) is 6.32. The first kappa shape index (κ1) is 19.7. The van der Waals surface area contributed by atoms with Crippen LogP contribution in [0.15, 0.2) is 0 Å². The lowest BCUT2D eigenvalue weighted by Crippen LogP contribution is -2.43. The van der Waals surface area contributed by atoms with Crippen LogP contribution in [0.1, 0.15) is 59.8 Å². The monoisotopic (exact) mass is 300 g/mol. The van der Waals surface area contributed by atoms with E-state index in [1.165, 1.54) is 0 Å². The van der Waals surface area contributed by atoms with E-state index in [9.17, 15) is 9.59 Å². The largest absolute Gasteiger partial charge is 0.481 e. The first-order valence-corrected chi connectivity index (χ1v) is 8.00. The Bertz CT molecular complexity index is 319. The van der Waals surface area contributed by atoms with Crippen molar-refractivity contribution in [3.05, 3.63) is 0 Å². The molecule has 2 unspecified atom stereocenters. The van der Waals surface area contributed by atoms with E-state index in [-0.39, 0.29) is 18.5 Å². The number of carbonyl (C=O) groups excluding carboxylic acids is 1. The predicted octanol–water partition coefficient (Wildman–Crippen LogP) is 3.34. The van der Waals surface area contributed by atoms with Crippen LogP contribution >= 0.6 is 0 Å². The van der Waals surface area contributed by atoms with Gasteiger partial charge < -0.3 is 15.3 Å². The Morgan fingerprint density at radius 3 is 2.29 bits per heavy atom. The summed E-state index contributed by atoms with van der Waals surface area (Å²) < 4.78 is 0. The minimum atomic E-state index is -0.750. The third kappa shape index (κ3) is 9.32. The fourth-order valence-electron chi connectivity index (χ4n) is 2.43. The highest BCUT2D eigenvalue weighted by Gasteiger charge is 2.17. The fourth-order valence-corrected chi connectivity index (χ4v) is 2.43. The molecule has 0 heterocycles. The van der Waals surface area contributed by atoms with Gasteiger partial charge in [0.15, 0.2) is 0 Å². The van der Waals surface area contributed by atoms with Crippen molar-refractivity contribution in [2.24, 2.45) is 11.8 Å². The van der Waals surface area contributed by atoms with Crippen LogP contribution in [-0.4, -0.2) is 41.6 Å². The molecule has 124 valence electrons. The number of carboxylic acids is 1. The number of hydrogen-bond donors (Lipinski definition) is 2. The summed E-state index contributed by atoms with van der Waals surface area (Å²) in [5, 5.41) is 11.6. The van der Waals surface area contributed by atoms with Crippen molar-refractivity contribution in [3.8, 4) is 0 Å². The second-order valence-electron chi connectivity index (χ2n) is 6.32. The molecule has 2 N–H and O–H groups in total. The molecule has 0 rings (SSSR count). The van der Waals surface area contributed by atoms with Gasteiger partial charge in [0.25, 0.3) is 0 Å². The lowest BCUT2D eigenvalue weighted by atomic mass is 9.97. The maximum Gasteiger partial charge on any atom is 0.317 e. The molecule has 0 radical (unpaired) electrons. The van der Waals surface area contributed by atoms with Crippen LogP contribution in [0, 0.1) is 11.8 Å². The Morgan fingerprint density at radius 1 is 1.19 bits per heavy atom. The minimum Gasteiger partial charge on any atom is -0.481 e. The van der Waals surface area contributed by atoms with Gasteiger partial charge >= 0.3 is 12.0 Å². The molecule has 0 aliphatic rings. The van der Waals surface area contributed by atoms with Crippen molar-refractivity contribution < 1.29 is 14.7 Å². The third-order valence-electron chi connectivity index (χ3n) is 3.97. The van der Waals surface area contributed by atoms with Gasteiger partial charge in [-0.25, -0.2) is 4.79 Å². The number of rotatable bonds is 10. The molecule has 0 spiro atoms. The lowest BCUT2D eigenvalue weighted by molar-refractivity contribution is -0.137. The summed E-state index contributed by atoms with van der Waals surface area (Å²) in [5.74, 6) is 0.176. The van der Waals surface area contributed by atoms with Crippen LogP contribution < -0.4 is 5.32 Å². The van der Waals surface area contributed by atoms with E-state index in [0.29, 0.717) is 24.8 Å². The molecule has 0 saturated heterocycles. The molecule has 5 nitrogen and oxygen atoms in total. The number of nitrogens with zero attached hydrogens (tertiary/aromatic N) is 1. The van der Waals surface area contributed by atoms with Gasteiger partial charge in [-0.05, 0) is 38.0 Å². The zero-order valence-corrected chi connectivity index (χ0v) is 14.2. The highest BCUT2D eigenvalue weighted by molar-refractivity contribution is 5.74. The molecular formula is C16H32N2O3. The zero-order valence-electron chi connectivity index (χ0n) is 14.2. The summed E-state index contributed by atoms with van der Waals surface area (Å²) in [6.45, 7) is 9.02. The van der Waals surface area contributed by atoms with Gasteiger partial charge in [-0.15, -0.1) is 0 Å². The molecule has 0 aliphatic heterocycles. The van der Waals surface area contributed by atoms with E-state index in [0.717, 1.165) is 19.3 Å². The number of carbonyl (C=O) groups is 2. The number of urea groups is 1. The minimum absolute atomic E-state index is 0.0452. The lowest BCUT2D eigenvalue weighted by Gasteiger charge is -2.27. The number of hydrogen-bond acceptors (Lipinski definition) is 2. The highest BCUT2D eigenvalue weighted by atomic mass is 16.4. The molecule has 0 fully saturated rings. The molecule has 0 aromatic rings. The fraction of sp³-hybridized carbons (Fsp3) is 0.875. The quantitative estimate of drug-likeness (QED) is 0.650. The van der Waals surface area contributed by atoms with E-state index in [4.69, 9.17) is 5.11 Å². The van der Waals surface area contributed by atoms with E-state index in [1.807, 2.05) is 7.05 Å². The zero-order chi connectivity index (χ0) is 16.4. The molecule has 0 bridgehead atoms. The molecule has 5 heteroatoms. The smallest absolute Gasteiger partial charge is 0.317 e. The average molecular weight is 300 g/mol. The van der Waals surface area contributed by atoms with E-state index < -0.39 is 5.97 Å². The normalized spacial score (nSPS) is 13.8. The SMILES string of the molecule is CCC(CCNC(=O)N(C)C(C)CC(C)C)CCC(=O)O. The molecule has 0 aromatic carbocycles. The van der Waals surface area contributed by atoms with Gasteiger partial charge in [-0.2, -0.15) is 0 Å². The highest BCUT2D eigenvalue weighted by Crippen LogP contribution is 2.15. The summed E-state index contributed by atoms with van der Waals surface area (Å²) >= 11 is 0. The summed E-state index contributed by atoms with van der Waals surface area (Å²) in [5.41, 5.74) is 0. The molecule has 21 heavy (non-hydrogen) atoms. The molecule has 0 saturated carbocycles. The maximum absolute atomic E-state index is 12.0. The van der Waals surface area contributed by atoms with Crippen LogP contribution in [-0.2, 0) is 4.79 Å². The number of amides is 2. The third-order valence-corrected chi connectivity index (χ3v) is 3.97. The Balaban J connectivity index is 4.03. The first-order chi connectivity index (χ1) is 9.77. The van der Waals surface area contributed by atoms with Crippen molar-refractivity contribution in [2.75, 3.05) is 13.6 Å². The molecule has 2 amide bonds. The summed E-state index contributed by atoms with van der Waals surface area (Å²) in [4.78, 5) is 24.3. The number of nitrogens with one attached hydrogen (secondary N) is 1. The van der Waals surface area contributed by atoms with Gasteiger partial charge in [-0.1, -0.05) is 27.2 Å². The summed E-state index contributed by atoms with van der Waals surface area (Å²) in [6.07, 6.45) is 3.66. The second kappa shape index (κ2) is 10.5. The van der Waals surface area contributed by atoms with Crippen molar-refractivity contribution in [3.63, 3.8) is 0 Å².